The Bertz CT molecular complexity index is 562. The van der Waals surface area contributed by atoms with Gasteiger partial charge in [0.05, 0.1) is 0 Å². The lowest BCUT2D eigenvalue weighted by molar-refractivity contribution is 0.592. The van der Waals surface area contributed by atoms with Crippen LogP contribution in [0.15, 0.2) is 42.7 Å². The van der Waals surface area contributed by atoms with Crippen LogP contribution in [-0.2, 0) is 5.41 Å². The molecule has 0 fully saturated rings. The molecule has 1 aromatic carbocycles. The monoisotopic (exact) mass is 253 g/mol. The highest BCUT2D eigenvalue weighted by molar-refractivity contribution is 5.71. The molecule has 2 aromatic rings. The first-order chi connectivity index (χ1) is 8.91. The van der Waals surface area contributed by atoms with Crippen molar-refractivity contribution in [3.05, 3.63) is 53.9 Å². The number of hydrogen-bond donors (Lipinski definition) is 0. The number of nitrogens with zero attached hydrogens (tertiary/aromatic N) is 1. The Balaban J connectivity index is 2.67. The molecule has 1 nitrogen and oxygen atoms in total. The first-order valence-corrected chi connectivity index (χ1v) is 6.95. The summed E-state index contributed by atoms with van der Waals surface area (Å²) in [7, 11) is 0. The van der Waals surface area contributed by atoms with E-state index in [1.807, 2.05) is 12.4 Å². The van der Waals surface area contributed by atoms with Crippen LogP contribution in [0.2, 0.25) is 0 Å². The van der Waals surface area contributed by atoms with E-state index in [4.69, 9.17) is 0 Å². The highest BCUT2D eigenvalue weighted by Crippen LogP contribution is 2.36. The highest BCUT2D eigenvalue weighted by Gasteiger charge is 2.20. The normalized spacial score (nSPS) is 11.9. The van der Waals surface area contributed by atoms with E-state index >= 15 is 0 Å². The molecule has 1 aromatic heterocycles. The summed E-state index contributed by atoms with van der Waals surface area (Å²) < 4.78 is 0. The maximum Gasteiger partial charge on any atom is 0.0349 e. The fourth-order valence-electron chi connectivity index (χ4n) is 2.51. The minimum Gasteiger partial charge on any atom is -0.264 e. The Hall–Kier alpha value is -1.63. The van der Waals surface area contributed by atoms with Gasteiger partial charge in [-0.15, -0.1) is 0 Å². The standard InChI is InChI=1S/C18H23N/c1-13(2)14-10-11-19-12-16(14)15-8-6-7-9-17(15)18(3,4)5/h6-13H,1-5H3. The summed E-state index contributed by atoms with van der Waals surface area (Å²) in [4.78, 5) is 4.33. The third-order valence-corrected chi connectivity index (χ3v) is 3.50. The van der Waals surface area contributed by atoms with E-state index in [-0.39, 0.29) is 5.41 Å². The zero-order valence-corrected chi connectivity index (χ0v) is 12.6. The number of hydrogen-bond acceptors (Lipinski definition) is 1. The first-order valence-electron chi connectivity index (χ1n) is 6.95. The second-order valence-electron chi connectivity index (χ2n) is 6.41. The van der Waals surface area contributed by atoms with E-state index in [2.05, 4.69) is 69.9 Å². The summed E-state index contributed by atoms with van der Waals surface area (Å²) in [6.07, 6.45) is 3.89. The minimum absolute atomic E-state index is 0.140. The molecule has 0 amide bonds. The quantitative estimate of drug-likeness (QED) is 0.719. The van der Waals surface area contributed by atoms with Gasteiger partial charge in [-0.25, -0.2) is 0 Å². The van der Waals surface area contributed by atoms with Crippen LogP contribution in [0, 0.1) is 0 Å². The lowest BCUT2D eigenvalue weighted by Gasteiger charge is -2.24. The third-order valence-electron chi connectivity index (χ3n) is 3.50. The van der Waals surface area contributed by atoms with E-state index in [1.54, 1.807) is 0 Å². The molecular formula is C18H23N. The lowest BCUT2D eigenvalue weighted by atomic mass is 9.80. The van der Waals surface area contributed by atoms with Gasteiger partial charge in [-0.1, -0.05) is 58.9 Å². The predicted octanol–water partition coefficient (Wildman–Crippen LogP) is 5.17. The molecule has 1 heterocycles. The van der Waals surface area contributed by atoms with Gasteiger partial charge in [0, 0.05) is 18.0 Å². The van der Waals surface area contributed by atoms with Crippen LogP contribution in [-0.4, -0.2) is 4.98 Å². The number of rotatable bonds is 2. The molecule has 0 atom stereocenters. The molecule has 19 heavy (non-hydrogen) atoms. The van der Waals surface area contributed by atoms with E-state index in [9.17, 15) is 0 Å². The maximum absolute atomic E-state index is 4.33. The van der Waals surface area contributed by atoms with Crippen LogP contribution >= 0.6 is 0 Å². The topological polar surface area (TPSA) is 12.9 Å². The summed E-state index contributed by atoms with van der Waals surface area (Å²) >= 11 is 0. The predicted molar refractivity (Wildman–Crippen MR) is 82.5 cm³/mol. The fourth-order valence-corrected chi connectivity index (χ4v) is 2.51. The van der Waals surface area contributed by atoms with Crippen molar-refractivity contribution >= 4 is 0 Å². The van der Waals surface area contributed by atoms with Crippen LogP contribution in [0.4, 0.5) is 0 Å². The van der Waals surface area contributed by atoms with Gasteiger partial charge in [-0.05, 0) is 34.1 Å². The molecule has 0 aliphatic rings. The summed E-state index contributed by atoms with van der Waals surface area (Å²) in [5.41, 5.74) is 5.46. The van der Waals surface area contributed by atoms with Crippen molar-refractivity contribution in [3.8, 4) is 11.1 Å². The van der Waals surface area contributed by atoms with Gasteiger partial charge >= 0.3 is 0 Å². The van der Waals surface area contributed by atoms with Gasteiger partial charge in [0.2, 0.25) is 0 Å². The van der Waals surface area contributed by atoms with Crippen LogP contribution in [0.5, 0.6) is 0 Å². The Kier molecular flexibility index (Phi) is 3.75. The summed E-state index contributed by atoms with van der Waals surface area (Å²) in [6.45, 7) is 11.3. The van der Waals surface area contributed by atoms with Gasteiger partial charge < -0.3 is 0 Å². The molecule has 0 unspecified atom stereocenters. The van der Waals surface area contributed by atoms with Gasteiger partial charge in [-0.2, -0.15) is 0 Å². The molecule has 0 radical (unpaired) electrons. The van der Waals surface area contributed by atoms with Crippen LogP contribution in [0.1, 0.15) is 51.7 Å². The maximum atomic E-state index is 4.33. The van der Waals surface area contributed by atoms with Crippen molar-refractivity contribution in [2.45, 2.75) is 46.0 Å². The number of pyridine rings is 1. The smallest absolute Gasteiger partial charge is 0.0349 e. The van der Waals surface area contributed by atoms with E-state index in [0.29, 0.717) is 5.92 Å². The average Bonchev–Trinajstić information content (AvgIpc) is 2.37. The molecule has 0 spiro atoms. The van der Waals surface area contributed by atoms with Crippen molar-refractivity contribution < 1.29 is 0 Å². The van der Waals surface area contributed by atoms with Crippen molar-refractivity contribution in [1.29, 1.82) is 0 Å². The molecule has 2 rings (SSSR count). The van der Waals surface area contributed by atoms with Gasteiger partial charge in [0.1, 0.15) is 0 Å². The Morgan fingerprint density at radius 1 is 0.947 bits per heavy atom. The van der Waals surface area contributed by atoms with E-state index in [1.165, 1.54) is 22.3 Å². The number of benzene rings is 1. The molecule has 0 N–H and O–H groups in total. The van der Waals surface area contributed by atoms with Gasteiger partial charge in [0.15, 0.2) is 0 Å². The average molecular weight is 253 g/mol. The Morgan fingerprint density at radius 2 is 1.63 bits per heavy atom. The van der Waals surface area contributed by atoms with Gasteiger partial charge in [-0.3, -0.25) is 4.98 Å². The second kappa shape index (κ2) is 5.16. The molecular weight excluding hydrogens is 230 g/mol. The SMILES string of the molecule is CC(C)c1ccncc1-c1ccccc1C(C)(C)C. The Morgan fingerprint density at radius 3 is 2.26 bits per heavy atom. The van der Waals surface area contributed by atoms with Crippen molar-refractivity contribution in [3.63, 3.8) is 0 Å². The van der Waals surface area contributed by atoms with Crippen LogP contribution in [0.3, 0.4) is 0 Å². The first kappa shape index (κ1) is 13.8. The second-order valence-corrected chi connectivity index (χ2v) is 6.41. The fraction of sp³-hybridized carbons (Fsp3) is 0.389. The highest BCUT2D eigenvalue weighted by atomic mass is 14.6. The summed E-state index contributed by atoms with van der Waals surface area (Å²) in [6, 6.07) is 10.8. The third kappa shape index (κ3) is 2.86. The molecule has 0 saturated carbocycles. The van der Waals surface area contributed by atoms with Crippen molar-refractivity contribution in [2.24, 2.45) is 0 Å². The van der Waals surface area contributed by atoms with Crippen molar-refractivity contribution in [1.82, 2.24) is 4.98 Å². The van der Waals surface area contributed by atoms with E-state index < -0.39 is 0 Å². The van der Waals surface area contributed by atoms with Crippen molar-refractivity contribution in [2.75, 3.05) is 0 Å². The molecule has 1 heteroatoms. The zero-order chi connectivity index (χ0) is 14.0. The Labute approximate surface area is 116 Å². The molecule has 0 bridgehead atoms. The number of aromatic nitrogens is 1. The zero-order valence-electron chi connectivity index (χ0n) is 12.6. The minimum atomic E-state index is 0.140. The molecule has 0 aliphatic heterocycles. The molecule has 0 aliphatic carbocycles. The van der Waals surface area contributed by atoms with Gasteiger partial charge in [0.25, 0.3) is 0 Å². The van der Waals surface area contributed by atoms with Crippen LogP contribution in [0.25, 0.3) is 11.1 Å². The molecule has 100 valence electrons. The lowest BCUT2D eigenvalue weighted by Crippen LogP contribution is -2.13. The van der Waals surface area contributed by atoms with E-state index in [0.717, 1.165) is 0 Å². The summed E-state index contributed by atoms with van der Waals surface area (Å²) in [5, 5.41) is 0. The van der Waals surface area contributed by atoms with Crippen LogP contribution < -0.4 is 0 Å². The molecule has 0 saturated heterocycles. The largest absolute Gasteiger partial charge is 0.264 e. The summed E-state index contributed by atoms with van der Waals surface area (Å²) in [5.74, 6) is 0.506.